The molecule has 0 aromatic heterocycles. The van der Waals surface area contributed by atoms with E-state index in [0.717, 1.165) is 6.26 Å². The highest BCUT2D eigenvalue weighted by atomic mass is 32.2. The van der Waals surface area contributed by atoms with Crippen LogP contribution in [0.5, 0.6) is 11.5 Å². The van der Waals surface area contributed by atoms with Crippen molar-refractivity contribution in [1.82, 2.24) is 10.6 Å². The number of anilines is 1. The zero-order valence-electron chi connectivity index (χ0n) is 14.6. The van der Waals surface area contributed by atoms with E-state index in [-0.39, 0.29) is 25.2 Å². The number of amides is 2. The second-order valence-corrected chi connectivity index (χ2v) is 7.34. The van der Waals surface area contributed by atoms with Crippen LogP contribution in [0.3, 0.4) is 0 Å². The van der Waals surface area contributed by atoms with Gasteiger partial charge in [-0.1, -0.05) is 0 Å². The molecule has 1 aromatic carbocycles. The molecule has 1 rings (SSSR count). The van der Waals surface area contributed by atoms with Gasteiger partial charge in [0.05, 0.1) is 32.7 Å². The highest BCUT2D eigenvalue weighted by Crippen LogP contribution is 2.32. The molecule has 0 bridgehead atoms. The Morgan fingerprint density at radius 1 is 1.21 bits per heavy atom. The number of nitrogens with zero attached hydrogens (tertiary/aromatic N) is 1. The molecular weight excluding hydrogens is 334 g/mol. The molecule has 0 aliphatic carbocycles. The summed E-state index contributed by atoms with van der Waals surface area (Å²) in [5, 5.41) is 5.30. The second kappa shape index (κ2) is 8.62. The second-order valence-electron chi connectivity index (χ2n) is 5.43. The number of hydrogen-bond acceptors (Lipinski definition) is 5. The van der Waals surface area contributed by atoms with Gasteiger partial charge in [-0.25, -0.2) is 13.2 Å². The lowest BCUT2D eigenvalue weighted by Crippen LogP contribution is -2.43. The van der Waals surface area contributed by atoms with Gasteiger partial charge in [0.1, 0.15) is 0 Å². The van der Waals surface area contributed by atoms with Gasteiger partial charge < -0.3 is 20.1 Å². The molecule has 8 nitrogen and oxygen atoms in total. The number of urea groups is 1. The molecule has 0 heterocycles. The molecule has 0 aliphatic rings. The summed E-state index contributed by atoms with van der Waals surface area (Å²) in [5.74, 6) is 0.929. The number of hydrogen-bond donors (Lipinski definition) is 2. The third kappa shape index (κ3) is 5.80. The maximum atomic E-state index is 12.1. The Morgan fingerprint density at radius 2 is 1.83 bits per heavy atom. The van der Waals surface area contributed by atoms with Gasteiger partial charge in [-0.05, 0) is 26.0 Å². The standard InChI is InChI=1S/C15H25N3O5S/c1-11(2)17-15(19)16-8-9-18(24(5,20)21)12-6-7-13(22-3)14(10-12)23-4/h6-7,10-11H,8-9H2,1-5H3,(H2,16,17,19). The molecule has 1 aromatic rings. The minimum Gasteiger partial charge on any atom is -0.493 e. The van der Waals surface area contributed by atoms with Gasteiger partial charge in [0, 0.05) is 18.7 Å². The van der Waals surface area contributed by atoms with Gasteiger partial charge in [0.15, 0.2) is 11.5 Å². The van der Waals surface area contributed by atoms with E-state index in [0.29, 0.717) is 17.2 Å². The molecule has 136 valence electrons. The topological polar surface area (TPSA) is 97.0 Å². The van der Waals surface area contributed by atoms with E-state index in [9.17, 15) is 13.2 Å². The fourth-order valence-electron chi connectivity index (χ4n) is 2.05. The average molecular weight is 359 g/mol. The minimum absolute atomic E-state index is 0.00172. The van der Waals surface area contributed by atoms with E-state index in [1.165, 1.54) is 18.5 Å². The summed E-state index contributed by atoms with van der Waals surface area (Å²) in [6.07, 6.45) is 1.11. The molecule has 0 radical (unpaired) electrons. The van der Waals surface area contributed by atoms with E-state index in [1.54, 1.807) is 18.2 Å². The summed E-state index contributed by atoms with van der Waals surface area (Å²) >= 11 is 0. The molecule has 0 spiro atoms. The van der Waals surface area contributed by atoms with Crippen LogP contribution >= 0.6 is 0 Å². The first-order chi connectivity index (χ1) is 11.2. The van der Waals surface area contributed by atoms with Crippen LogP contribution in [0.2, 0.25) is 0 Å². The molecule has 0 unspecified atom stereocenters. The minimum atomic E-state index is -3.52. The van der Waals surface area contributed by atoms with Crippen LogP contribution in [0.15, 0.2) is 18.2 Å². The Kier molecular flexibility index (Phi) is 7.15. The average Bonchev–Trinajstić information content (AvgIpc) is 2.49. The highest BCUT2D eigenvalue weighted by Gasteiger charge is 2.19. The van der Waals surface area contributed by atoms with Gasteiger partial charge >= 0.3 is 6.03 Å². The summed E-state index contributed by atoms with van der Waals surface area (Å²) in [6, 6.07) is 4.49. The Morgan fingerprint density at radius 3 is 2.33 bits per heavy atom. The molecule has 0 aliphatic heterocycles. The third-order valence-corrected chi connectivity index (χ3v) is 4.27. The van der Waals surface area contributed by atoms with Crippen molar-refractivity contribution in [2.75, 3.05) is 37.9 Å². The monoisotopic (exact) mass is 359 g/mol. The quantitative estimate of drug-likeness (QED) is 0.726. The zero-order valence-corrected chi connectivity index (χ0v) is 15.4. The van der Waals surface area contributed by atoms with E-state index < -0.39 is 10.0 Å². The zero-order chi connectivity index (χ0) is 18.3. The maximum Gasteiger partial charge on any atom is 0.315 e. The van der Waals surface area contributed by atoms with Crippen LogP contribution in [0, 0.1) is 0 Å². The number of rotatable bonds is 8. The van der Waals surface area contributed by atoms with Crippen LogP contribution in [-0.2, 0) is 10.0 Å². The third-order valence-electron chi connectivity index (χ3n) is 3.08. The lowest BCUT2D eigenvalue weighted by molar-refractivity contribution is 0.239. The summed E-state index contributed by atoms with van der Waals surface area (Å²) in [7, 11) is -0.539. The molecule has 0 saturated heterocycles. The maximum absolute atomic E-state index is 12.1. The van der Waals surface area contributed by atoms with Crippen LogP contribution in [0.1, 0.15) is 13.8 Å². The molecule has 9 heteroatoms. The number of ether oxygens (including phenoxy) is 2. The Labute approximate surface area is 143 Å². The van der Waals surface area contributed by atoms with Crippen molar-refractivity contribution in [1.29, 1.82) is 0 Å². The van der Waals surface area contributed by atoms with E-state index >= 15 is 0 Å². The van der Waals surface area contributed by atoms with Gasteiger partial charge in [0.2, 0.25) is 10.0 Å². The van der Waals surface area contributed by atoms with Gasteiger partial charge in [-0.15, -0.1) is 0 Å². The van der Waals surface area contributed by atoms with Crippen molar-refractivity contribution < 1.29 is 22.7 Å². The van der Waals surface area contributed by atoms with Crippen LogP contribution in [0.4, 0.5) is 10.5 Å². The van der Waals surface area contributed by atoms with Gasteiger partial charge in [-0.2, -0.15) is 0 Å². The fraction of sp³-hybridized carbons (Fsp3) is 0.533. The van der Waals surface area contributed by atoms with Crippen molar-refractivity contribution in [3.63, 3.8) is 0 Å². The molecule has 2 amide bonds. The number of carbonyl (C=O) groups is 1. The predicted molar refractivity (Wildman–Crippen MR) is 93.4 cm³/mol. The van der Waals surface area contributed by atoms with Crippen molar-refractivity contribution in [3.8, 4) is 11.5 Å². The fourth-order valence-corrected chi connectivity index (χ4v) is 2.97. The van der Waals surface area contributed by atoms with Crippen LogP contribution < -0.4 is 24.4 Å². The lowest BCUT2D eigenvalue weighted by Gasteiger charge is -2.23. The number of benzene rings is 1. The van der Waals surface area contributed by atoms with Crippen molar-refractivity contribution >= 4 is 21.7 Å². The van der Waals surface area contributed by atoms with Crippen LogP contribution in [-0.4, -0.2) is 54.1 Å². The highest BCUT2D eigenvalue weighted by molar-refractivity contribution is 7.92. The molecular formula is C15H25N3O5S. The van der Waals surface area contributed by atoms with E-state index in [4.69, 9.17) is 9.47 Å². The Bertz CT molecular complexity index is 661. The number of methoxy groups -OCH3 is 2. The van der Waals surface area contributed by atoms with E-state index in [2.05, 4.69) is 10.6 Å². The Hall–Kier alpha value is -2.16. The first kappa shape index (κ1) is 19.9. The van der Waals surface area contributed by atoms with Crippen molar-refractivity contribution in [3.05, 3.63) is 18.2 Å². The molecule has 2 N–H and O–H groups in total. The summed E-state index contributed by atoms with van der Waals surface area (Å²) in [4.78, 5) is 11.6. The molecule has 24 heavy (non-hydrogen) atoms. The normalized spacial score (nSPS) is 11.1. The smallest absolute Gasteiger partial charge is 0.315 e. The molecule has 0 atom stereocenters. The first-order valence-electron chi connectivity index (χ1n) is 7.43. The summed E-state index contributed by atoms with van der Waals surface area (Å²) in [6.45, 7) is 3.94. The number of sulfonamides is 1. The van der Waals surface area contributed by atoms with Crippen LogP contribution in [0.25, 0.3) is 0 Å². The lowest BCUT2D eigenvalue weighted by atomic mass is 10.2. The first-order valence-corrected chi connectivity index (χ1v) is 9.28. The van der Waals surface area contributed by atoms with Gasteiger partial charge in [0.25, 0.3) is 0 Å². The molecule has 0 fully saturated rings. The molecule has 0 saturated carbocycles. The summed E-state index contributed by atoms with van der Waals surface area (Å²) < 4.78 is 35.7. The largest absolute Gasteiger partial charge is 0.493 e. The van der Waals surface area contributed by atoms with Crippen molar-refractivity contribution in [2.45, 2.75) is 19.9 Å². The van der Waals surface area contributed by atoms with Crippen molar-refractivity contribution in [2.24, 2.45) is 0 Å². The van der Waals surface area contributed by atoms with E-state index in [1.807, 2.05) is 13.8 Å². The van der Waals surface area contributed by atoms with Gasteiger partial charge in [-0.3, -0.25) is 4.31 Å². The SMILES string of the molecule is COc1ccc(N(CCNC(=O)NC(C)C)S(C)(=O)=O)cc1OC. The predicted octanol–water partition coefficient (Wildman–Crippen LogP) is 1.18. The number of nitrogens with one attached hydrogen (secondary N) is 2. The number of carbonyl (C=O) groups excluding carboxylic acids is 1. The Balaban J connectivity index is 2.89. The summed E-state index contributed by atoms with van der Waals surface area (Å²) in [5.41, 5.74) is 0.432.